The van der Waals surface area contributed by atoms with Gasteiger partial charge in [0.05, 0.1) is 5.69 Å². The number of carbonyl (C=O) groups excluding carboxylic acids is 2. The Hall–Kier alpha value is -3.06. The Labute approximate surface area is 158 Å². The summed E-state index contributed by atoms with van der Waals surface area (Å²) in [5, 5.41) is 2.38. The summed E-state index contributed by atoms with van der Waals surface area (Å²) in [6.45, 7) is 1.41. The minimum absolute atomic E-state index is 0.0140. The molecule has 0 bridgehead atoms. The minimum Gasteiger partial charge on any atom is -0.448 e. The van der Waals surface area contributed by atoms with Gasteiger partial charge in [0.25, 0.3) is 5.91 Å². The number of hydrogen-bond donors (Lipinski definition) is 1. The second-order valence-electron chi connectivity index (χ2n) is 5.69. The van der Waals surface area contributed by atoms with Gasteiger partial charge in [-0.2, -0.15) is 0 Å². The number of hydrogen-bond acceptors (Lipinski definition) is 4. The molecule has 3 aromatic rings. The first-order valence-electron chi connectivity index (χ1n) is 8.06. The zero-order valence-corrected chi connectivity index (χ0v) is 15.1. The molecule has 1 heterocycles. The summed E-state index contributed by atoms with van der Waals surface area (Å²) in [5.41, 5.74) is 0.783. The van der Waals surface area contributed by atoms with Crippen molar-refractivity contribution in [3.63, 3.8) is 0 Å². The molecular formula is C20H15F2NO3S. The summed E-state index contributed by atoms with van der Waals surface area (Å²) < 4.78 is 31.7. The Bertz CT molecular complexity index is 969. The van der Waals surface area contributed by atoms with Crippen LogP contribution < -0.4 is 5.32 Å². The van der Waals surface area contributed by atoms with Gasteiger partial charge >= 0.3 is 5.97 Å². The summed E-state index contributed by atoms with van der Waals surface area (Å²) in [6, 6.07) is 14.9. The van der Waals surface area contributed by atoms with Gasteiger partial charge in [0.15, 0.2) is 6.10 Å². The van der Waals surface area contributed by atoms with Crippen LogP contribution in [0.2, 0.25) is 0 Å². The maximum Gasteiger partial charge on any atom is 0.349 e. The lowest BCUT2D eigenvalue weighted by molar-refractivity contribution is -0.123. The summed E-state index contributed by atoms with van der Waals surface area (Å²) >= 11 is 1.17. The van der Waals surface area contributed by atoms with Crippen molar-refractivity contribution in [2.24, 2.45) is 0 Å². The van der Waals surface area contributed by atoms with Crippen LogP contribution in [0, 0.1) is 11.6 Å². The van der Waals surface area contributed by atoms with E-state index in [1.807, 2.05) is 0 Å². The lowest BCUT2D eigenvalue weighted by Crippen LogP contribution is -2.30. The molecule has 0 radical (unpaired) electrons. The number of anilines is 1. The standard InChI is InChI=1S/C20H15F2NO3S/c1-12(19(24)23-16-5-3-2-4-15(16)22)26-20(25)18-11-10-17(27-18)13-6-8-14(21)9-7-13/h2-12H,1H3,(H,23,24). The van der Waals surface area contributed by atoms with E-state index in [0.29, 0.717) is 4.88 Å². The van der Waals surface area contributed by atoms with E-state index in [-0.39, 0.29) is 11.5 Å². The van der Waals surface area contributed by atoms with Crippen molar-refractivity contribution in [3.8, 4) is 10.4 Å². The predicted octanol–water partition coefficient (Wildman–Crippen LogP) is 4.88. The number of ether oxygens (including phenoxy) is 1. The van der Waals surface area contributed by atoms with Crippen LogP contribution in [0.15, 0.2) is 60.7 Å². The van der Waals surface area contributed by atoms with Crippen molar-refractivity contribution in [2.45, 2.75) is 13.0 Å². The maximum atomic E-state index is 13.6. The molecule has 27 heavy (non-hydrogen) atoms. The molecule has 0 aliphatic rings. The number of rotatable bonds is 5. The largest absolute Gasteiger partial charge is 0.448 e. The SMILES string of the molecule is CC(OC(=O)c1ccc(-c2ccc(F)cc2)s1)C(=O)Nc1ccccc1F. The van der Waals surface area contributed by atoms with Gasteiger partial charge in [-0.25, -0.2) is 13.6 Å². The third-order valence-corrected chi connectivity index (χ3v) is 4.84. The molecule has 7 heteroatoms. The molecule has 0 fully saturated rings. The van der Waals surface area contributed by atoms with Crippen LogP contribution in [0.5, 0.6) is 0 Å². The number of nitrogens with one attached hydrogen (secondary N) is 1. The Morgan fingerprint density at radius 1 is 1.00 bits per heavy atom. The van der Waals surface area contributed by atoms with Gasteiger partial charge in [-0.05, 0) is 48.9 Å². The number of benzene rings is 2. The molecule has 3 rings (SSSR count). The molecule has 4 nitrogen and oxygen atoms in total. The highest BCUT2D eigenvalue weighted by Crippen LogP contribution is 2.29. The summed E-state index contributed by atoms with van der Waals surface area (Å²) in [6.07, 6.45) is -1.10. The smallest absolute Gasteiger partial charge is 0.349 e. The number of esters is 1. The van der Waals surface area contributed by atoms with Gasteiger partial charge in [-0.1, -0.05) is 24.3 Å². The summed E-state index contributed by atoms with van der Waals surface area (Å²) in [7, 11) is 0. The first-order chi connectivity index (χ1) is 12.9. The number of halogens is 2. The van der Waals surface area contributed by atoms with Crippen LogP contribution in [-0.2, 0) is 9.53 Å². The van der Waals surface area contributed by atoms with Crippen LogP contribution in [0.4, 0.5) is 14.5 Å². The molecule has 1 atom stereocenters. The fourth-order valence-corrected chi connectivity index (χ4v) is 3.18. The average Bonchev–Trinajstić information content (AvgIpc) is 3.14. The van der Waals surface area contributed by atoms with Gasteiger partial charge in [0, 0.05) is 4.88 Å². The van der Waals surface area contributed by atoms with E-state index in [0.717, 1.165) is 10.4 Å². The second kappa shape index (κ2) is 8.09. The summed E-state index contributed by atoms with van der Waals surface area (Å²) in [4.78, 5) is 25.4. The third kappa shape index (κ3) is 4.57. The van der Waals surface area contributed by atoms with E-state index < -0.39 is 23.8 Å². The highest BCUT2D eigenvalue weighted by atomic mass is 32.1. The molecule has 0 saturated carbocycles. The lowest BCUT2D eigenvalue weighted by Gasteiger charge is -2.13. The molecule has 0 aliphatic carbocycles. The Morgan fingerprint density at radius 3 is 2.41 bits per heavy atom. The number of amides is 1. The van der Waals surface area contributed by atoms with Gasteiger partial charge in [-0.3, -0.25) is 4.79 Å². The monoisotopic (exact) mass is 387 g/mol. The number of para-hydroxylation sites is 1. The van der Waals surface area contributed by atoms with Crippen molar-refractivity contribution in [1.82, 2.24) is 0 Å². The van der Waals surface area contributed by atoms with Crippen LogP contribution in [-0.4, -0.2) is 18.0 Å². The molecule has 1 amide bonds. The van der Waals surface area contributed by atoms with Crippen molar-refractivity contribution >= 4 is 28.9 Å². The van der Waals surface area contributed by atoms with Crippen molar-refractivity contribution in [2.75, 3.05) is 5.32 Å². The molecule has 0 aliphatic heterocycles. The van der Waals surface area contributed by atoms with Gasteiger partial charge in [0.1, 0.15) is 16.5 Å². The van der Waals surface area contributed by atoms with Gasteiger partial charge < -0.3 is 10.1 Å². The zero-order chi connectivity index (χ0) is 19.4. The van der Waals surface area contributed by atoms with Crippen LogP contribution in [0.1, 0.15) is 16.6 Å². The fraction of sp³-hybridized carbons (Fsp3) is 0.100. The van der Waals surface area contributed by atoms with Crippen molar-refractivity contribution in [3.05, 3.63) is 77.2 Å². The number of carbonyl (C=O) groups is 2. The number of thiophene rings is 1. The first kappa shape index (κ1) is 18.7. The predicted molar refractivity (Wildman–Crippen MR) is 99.6 cm³/mol. The highest BCUT2D eigenvalue weighted by Gasteiger charge is 2.21. The van der Waals surface area contributed by atoms with E-state index in [1.165, 1.54) is 48.6 Å². The quantitative estimate of drug-likeness (QED) is 0.635. The van der Waals surface area contributed by atoms with Gasteiger partial charge in [0.2, 0.25) is 0 Å². The van der Waals surface area contributed by atoms with E-state index in [2.05, 4.69) is 5.32 Å². The molecule has 138 valence electrons. The van der Waals surface area contributed by atoms with Crippen LogP contribution in [0.3, 0.4) is 0 Å². The maximum absolute atomic E-state index is 13.6. The normalized spacial score (nSPS) is 11.7. The van der Waals surface area contributed by atoms with E-state index in [1.54, 1.807) is 30.3 Å². The first-order valence-corrected chi connectivity index (χ1v) is 8.88. The van der Waals surface area contributed by atoms with Crippen molar-refractivity contribution in [1.29, 1.82) is 0 Å². The lowest BCUT2D eigenvalue weighted by atomic mass is 10.2. The minimum atomic E-state index is -1.10. The second-order valence-corrected chi connectivity index (χ2v) is 6.77. The van der Waals surface area contributed by atoms with Crippen LogP contribution >= 0.6 is 11.3 Å². The molecule has 2 aromatic carbocycles. The molecule has 1 N–H and O–H groups in total. The zero-order valence-electron chi connectivity index (χ0n) is 14.2. The Balaban J connectivity index is 1.64. The fourth-order valence-electron chi connectivity index (χ4n) is 2.29. The molecule has 0 saturated heterocycles. The Kier molecular flexibility index (Phi) is 5.61. The molecule has 1 aromatic heterocycles. The van der Waals surface area contributed by atoms with Crippen LogP contribution in [0.25, 0.3) is 10.4 Å². The van der Waals surface area contributed by atoms with E-state index in [4.69, 9.17) is 4.74 Å². The molecule has 0 spiro atoms. The molecule has 1 unspecified atom stereocenters. The highest BCUT2D eigenvalue weighted by molar-refractivity contribution is 7.17. The van der Waals surface area contributed by atoms with Crippen molar-refractivity contribution < 1.29 is 23.1 Å². The van der Waals surface area contributed by atoms with E-state index in [9.17, 15) is 18.4 Å². The van der Waals surface area contributed by atoms with E-state index >= 15 is 0 Å². The Morgan fingerprint density at radius 2 is 1.70 bits per heavy atom. The molecular weight excluding hydrogens is 372 g/mol. The van der Waals surface area contributed by atoms with Gasteiger partial charge in [-0.15, -0.1) is 11.3 Å². The average molecular weight is 387 g/mol. The third-order valence-electron chi connectivity index (χ3n) is 3.72. The summed E-state index contributed by atoms with van der Waals surface area (Å²) in [5.74, 6) is -2.22. The topological polar surface area (TPSA) is 55.4 Å².